The average molecular weight is 836 g/mol. The van der Waals surface area contributed by atoms with E-state index < -0.39 is 0 Å². The monoisotopic (exact) mass is 836 g/mol. The standard InChI is InChI=1S/C52H101NO6/c1-6-10-20-31-48(32-21-11-7-2)39-45-57-51(54)37-26-18-14-16-24-35-50(59-47(5)56-44-30-43-53-41-28-29-42-53)36-25-17-15-19-27-38-52(55)58-46-40-49(33-22-12-8-3)34-23-13-9-4/h47-50H,6-46H2,1-5H3. The number of carbonyl (C=O) groups is 2. The molecule has 0 aliphatic carbocycles. The summed E-state index contributed by atoms with van der Waals surface area (Å²) in [5.41, 5.74) is 0. The maximum Gasteiger partial charge on any atom is 0.305 e. The summed E-state index contributed by atoms with van der Waals surface area (Å²) >= 11 is 0. The lowest BCUT2D eigenvalue weighted by Gasteiger charge is -2.23. The minimum absolute atomic E-state index is 0.0108. The van der Waals surface area contributed by atoms with Gasteiger partial charge in [0.25, 0.3) is 0 Å². The molecule has 7 heteroatoms. The van der Waals surface area contributed by atoms with Crippen molar-refractivity contribution in [3.05, 3.63) is 0 Å². The zero-order valence-corrected chi connectivity index (χ0v) is 40.2. The van der Waals surface area contributed by atoms with Crippen molar-refractivity contribution in [2.75, 3.05) is 39.5 Å². The SMILES string of the molecule is CCCCCC(CCCCC)CCOC(=O)CCCCCCCC(CCCCCCCC(=O)OCCC(CCCCC)CCCCC)OC(C)OCCCN1CCCC1. The topological polar surface area (TPSA) is 74.3 Å². The van der Waals surface area contributed by atoms with Crippen LogP contribution < -0.4 is 0 Å². The van der Waals surface area contributed by atoms with Crippen molar-refractivity contribution in [1.29, 1.82) is 0 Å². The van der Waals surface area contributed by atoms with Gasteiger partial charge in [0, 0.05) is 19.4 Å². The zero-order valence-electron chi connectivity index (χ0n) is 40.2. The van der Waals surface area contributed by atoms with Crippen molar-refractivity contribution in [1.82, 2.24) is 4.90 Å². The molecule has 0 saturated carbocycles. The van der Waals surface area contributed by atoms with E-state index in [-0.39, 0.29) is 24.3 Å². The van der Waals surface area contributed by atoms with Gasteiger partial charge in [-0.1, -0.05) is 182 Å². The molecule has 0 bridgehead atoms. The van der Waals surface area contributed by atoms with Gasteiger partial charge in [0.15, 0.2) is 6.29 Å². The Morgan fingerprint density at radius 1 is 0.458 bits per heavy atom. The van der Waals surface area contributed by atoms with Crippen LogP contribution in [0, 0.1) is 11.8 Å². The van der Waals surface area contributed by atoms with E-state index in [9.17, 15) is 9.59 Å². The van der Waals surface area contributed by atoms with Crippen LogP contribution in [0.2, 0.25) is 0 Å². The van der Waals surface area contributed by atoms with Gasteiger partial charge in [-0.05, 0) is 89.6 Å². The first kappa shape index (κ1) is 55.8. The van der Waals surface area contributed by atoms with Crippen molar-refractivity contribution in [2.45, 2.75) is 272 Å². The maximum absolute atomic E-state index is 12.5. The van der Waals surface area contributed by atoms with Gasteiger partial charge in [0.2, 0.25) is 0 Å². The first-order valence-electron chi connectivity index (χ1n) is 26.2. The van der Waals surface area contributed by atoms with E-state index in [0.717, 1.165) is 96.6 Å². The fourth-order valence-corrected chi connectivity index (χ4v) is 8.90. The van der Waals surface area contributed by atoms with Crippen LogP contribution in [0.25, 0.3) is 0 Å². The number of likely N-dealkylation sites (tertiary alicyclic amines) is 1. The van der Waals surface area contributed by atoms with Crippen LogP contribution >= 0.6 is 0 Å². The highest BCUT2D eigenvalue weighted by Gasteiger charge is 2.16. The summed E-state index contributed by atoms with van der Waals surface area (Å²) in [5.74, 6) is 1.39. The van der Waals surface area contributed by atoms with Crippen molar-refractivity contribution >= 4 is 11.9 Å². The third kappa shape index (κ3) is 36.1. The molecule has 1 unspecified atom stereocenters. The number of rotatable bonds is 45. The first-order chi connectivity index (χ1) is 28.9. The molecule has 1 saturated heterocycles. The van der Waals surface area contributed by atoms with Crippen LogP contribution in [-0.2, 0) is 28.5 Å². The van der Waals surface area contributed by atoms with Crippen LogP contribution in [0.15, 0.2) is 0 Å². The normalized spacial score (nSPS) is 14.0. The summed E-state index contributed by atoms with van der Waals surface area (Å²) in [6.07, 6.45) is 40.7. The molecule has 1 aliphatic rings. The molecule has 1 fully saturated rings. The Kier molecular flexibility index (Phi) is 39.9. The average Bonchev–Trinajstić information content (AvgIpc) is 3.75. The summed E-state index contributed by atoms with van der Waals surface area (Å²) in [7, 11) is 0. The molecular formula is C52H101NO6. The molecule has 0 amide bonds. The van der Waals surface area contributed by atoms with E-state index in [0.29, 0.717) is 37.9 Å². The molecule has 0 N–H and O–H groups in total. The predicted molar refractivity (Wildman–Crippen MR) is 250 cm³/mol. The van der Waals surface area contributed by atoms with Crippen LogP contribution in [0.5, 0.6) is 0 Å². The summed E-state index contributed by atoms with van der Waals surface area (Å²) in [4.78, 5) is 27.5. The second-order valence-corrected chi connectivity index (χ2v) is 18.4. The summed E-state index contributed by atoms with van der Waals surface area (Å²) in [6.45, 7) is 16.7. The van der Waals surface area contributed by atoms with Crippen molar-refractivity contribution in [3.63, 3.8) is 0 Å². The number of nitrogens with zero attached hydrogens (tertiary/aromatic N) is 1. The predicted octanol–water partition coefficient (Wildman–Crippen LogP) is 15.1. The van der Waals surface area contributed by atoms with Gasteiger partial charge in [-0.2, -0.15) is 0 Å². The van der Waals surface area contributed by atoms with Gasteiger partial charge in [-0.25, -0.2) is 0 Å². The Bertz CT molecular complexity index is 834. The molecule has 59 heavy (non-hydrogen) atoms. The van der Waals surface area contributed by atoms with Gasteiger partial charge in [0.1, 0.15) is 0 Å². The molecule has 350 valence electrons. The molecule has 1 atom stereocenters. The number of esters is 2. The Morgan fingerprint density at radius 2 is 0.847 bits per heavy atom. The Balaban J connectivity index is 2.31. The second kappa shape index (κ2) is 42.1. The van der Waals surface area contributed by atoms with E-state index in [4.69, 9.17) is 18.9 Å². The summed E-state index contributed by atoms with van der Waals surface area (Å²) in [6, 6.07) is 0. The van der Waals surface area contributed by atoms with Gasteiger partial charge in [-0.15, -0.1) is 0 Å². The van der Waals surface area contributed by atoms with E-state index in [1.54, 1.807) is 0 Å². The number of unbranched alkanes of at least 4 members (excludes halogenated alkanes) is 16. The molecule has 1 aliphatic heterocycles. The summed E-state index contributed by atoms with van der Waals surface area (Å²) in [5, 5.41) is 0. The van der Waals surface area contributed by atoms with E-state index in [1.807, 2.05) is 0 Å². The highest BCUT2D eigenvalue weighted by atomic mass is 16.7. The van der Waals surface area contributed by atoms with Crippen LogP contribution in [-0.4, -0.2) is 68.7 Å². The molecule has 0 radical (unpaired) electrons. The molecule has 0 aromatic rings. The number of hydrogen-bond acceptors (Lipinski definition) is 7. The second-order valence-electron chi connectivity index (χ2n) is 18.4. The van der Waals surface area contributed by atoms with Gasteiger partial charge in [-0.3, -0.25) is 9.59 Å². The van der Waals surface area contributed by atoms with Gasteiger partial charge >= 0.3 is 11.9 Å². The third-order valence-electron chi connectivity index (χ3n) is 12.8. The molecule has 0 aromatic heterocycles. The number of ether oxygens (including phenoxy) is 4. The van der Waals surface area contributed by atoms with Crippen LogP contribution in [0.4, 0.5) is 0 Å². The number of carbonyl (C=O) groups excluding carboxylic acids is 2. The minimum atomic E-state index is -0.179. The van der Waals surface area contributed by atoms with E-state index in [2.05, 4.69) is 39.5 Å². The van der Waals surface area contributed by atoms with Crippen molar-refractivity contribution < 1.29 is 28.5 Å². The quantitative estimate of drug-likeness (QED) is 0.0344. The molecule has 0 aromatic carbocycles. The fraction of sp³-hybridized carbons (Fsp3) is 0.962. The van der Waals surface area contributed by atoms with Crippen LogP contribution in [0.3, 0.4) is 0 Å². The molecule has 0 spiro atoms. The lowest BCUT2D eigenvalue weighted by Crippen LogP contribution is -2.25. The van der Waals surface area contributed by atoms with E-state index >= 15 is 0 Å². The van der Waals surface area contributed by atoms with Gasteiger partial charge in [0.05, 0.1) is 25.9 Å². The first-order valence-corrected chi connectivity index (χ1v) is 26.2. The Hall–Kier alpha value is -1.18. The van der Waals surface area contributed by atoms with Crippen molar-refractivity contribution in [2.24, 2.45) is 11.8 Å². The Labute approximate surface area is 367 Å². The lowest BCUT2D eigenvalue weighted by molar-refractivity contribution is -0.164. The highest BCUT2D eigenvalue weighted by Crippen LogP contribution is 2.23. The van der Waals surface area contributed by atoms with Crippen LogP contribution in [0.1, 0.15) is 259 Å². The number of hydrogen-bond donors (Lipinski definition) is 0. The maximum atomic E-state index is 12.5. The molecule has 1 heterocycles. The molecule has 1 rings (SSSR count). The molecule has 7 nitrogen and oxygen atoms in total. The smallest absolute Gasteiger partial charge is 0.305 e. The Morgan fingerprint density at radius 3 is 1.27 bits per heavy atom. The van der Waals surface area contributed by atoms with Crippen molar-refractivity contribution in [3.8, 4) is 0 Å². The minimum Gasteiger partial charge on any atom is -0.466 e. The lowest BCUT2D eigenvalue weighted by atomic mass is 9.92. The fourth-order valence-electron chi connectivity index (χ4n) is 8.90. The molecular weight excluding hydrogens is 735 g/mol. The zero-order chi connectivity index (χ0) is 42.9. The highest BCUT2D eigenvalue weighted by molar-refractivity contribution is 5.69. The van der Waals surface area contributed by atoms with E-state index in [1.165, 1.54) is 142 Å². The third-order valence-corrected chi connectivity index (χ3v) is 12.8. The van der Waals surface area contributed by atoms with Gasteiger partial charge < -0.3 is 23.8 Å². The largest absolute Gasteiger partial charge is 0.466 e. The summed E-state index contributed by atoms with van der Waals surface area (Å²) < 4.78 is 24.0.